The second-order valence-electron chi connectivity index (χ2n) is 5.73. The number of nitrogens with one attached hydrogen (secondary N) is 1. The normalized spacial score (nSPS) is 16.0. The number of hydrogen-bond donors (Lipinski definition) is 1. The van der Waals surface area contributed by atoms with Crippen molar-refractivity contribution in [1.29, 1.82) is 0 Å². The van der Waals surface area contributed by atoms with E-state index in [1.807, 2.05) is 36.4 Å². The van der Waals surface area contributed by atoms with E-state index in [1.165, 1.54) is 7.11 Å². The van der Waals surface area contributed by atoms with Crippen LogP contribution in [0.1, 0.15) is 21.5 Å². The first-order valence-electron chi connectivity index (χ1n) is 7.97. The number of amides is 1. The molecule has 0 spiro atoms. The minimum Gasteiger partial charge on any atom is -0.489 e. The van der Waals surface area contributed by atoms with E-state index in [0.717, 1.165) is 11.1 Å². The summed E-state index contributed by atoms with van der Waals surface area (Å²) in [4.78, 5) is 22.8. The fourth-order valence-electron chi connectivity index (χ4n) is 2.66. The zero-order valence-corrected chi connectivity index (χ0v) is 13.9. The smallest absolute Gasteiger partial charge is 0.407 e. The van der Waals surface area contributed by atoms with E-state index in [1.54, 1.807) is 12.1 Å². The van der Waals surface area contributed by atoms with Crippen LogP contribution in [0.4, 0.5) is 4.79 Å². The van der Waals surface area contributed by atoms with E-state index in [0.29, 0.717) is 24.3 Å². The van der Waals surface area contributed by atoms with Crippen molar-refractivity contribution in [3.63, 3.8) is 0 Å². The highest BCUT2D eigenvalue weighted by molar-refractivity contribution is 5.90. The first-order chi connectivity index (χ1) is 12.2. The van der Waals surface area contributed by atoms with Crippen molar-refractivity contribution >= 4 is 12.1 Å². The molecule has 1 heterocycles. The molecule has 6 nitrogen and oxygen atoms in total. The number of rotatable bonds is 6. The van der Waals surface area contributed by atoms with Gasteiger partial charge in [-0.05, 0) is 30.2 Å². The van der Waals surface area contributed by atoms with Gasteiger partial charge in [-0.25, -0.2) is 9.59 Å². The minimum atomic E-state index is -0.379. The Kier molecular flexibility index (Phi) is 5.18. The molecule has 1 unspecified atom stereocenters. The second kappa shape index (κ2) is 7.70. The molecule has 0 aromatic heterocycles. The molecule has 0 aliphatic carbocycles. The van der Waals surface area contributed by atoms with Crippen molar-refractivity contribution < 1.29 is 23.8 Å². The Morgan fingerprint density at radius 1 is 1.20 bits per heavy atom. The maximum atomic E-state index is 11.8. The van der Waals surface area contributed by atoms with E-state index in [9.17, 15) is 9.59 Å². The van der Waals surface area contributed by atoms with Crippen molar-refractivity contribution in [1.82, 2.24) is 5.32 Å². The Labute approximate surface area is 145 Å². The summed E-state index contributed by atoms with van der Waals surface area (Å²) in [6.45, 7) is 0.665. The maximum absolute atomic E-state index is 11.8. The van der Waals surface area contributed by atoms with Crippen molar-refractivity contribution in [2.45, 2.75) is 19.1 Å². The number of methoxy groups -OCH3 is 1. The van der Waals surface area contributed by atoms with E-state index >= 15 is 0 Å². The molecule has 2 aromatic rings. The van der Waals surface area contributed by atoms with Gasteiger partial charge in [0.25, 0.3) is 0 Å². The Bertz CT molecular complexity index is 757. The number of alkyl carbamates (subject to hydrolysis) is 1. The number of hydrogen-bond acceptors (Lipinski definition) is 5. The largest absolute Gasteiger partial charge is 0.489 e. The van der Waals surface area contributed by atoms with E-state index in [2.05, 4.69) is 5.32 Å². The van der Waals surface area contributed by atoms with Gasteiger partial charge in [0.1, 0.15) is 19.0 Å². The van der Waals surface area contributed by atoms with Crippen LogP contribution in [0.2, 0.25) is 0 Å². The van der Waals surface area contributed by atoms with Crippen molar-refractivity contribution in [2.75, 3.05) is 13.7 Å². The molecule has 1 N–H and O–H groups in total. The number of carbonyl (C=O) groups excluding carboxylic acids is 2. The Morgan fingerprint density at radius 2 is 1.96 bits per heavy atom. The summed E-state index contributed by atoms with van der Waals surface area (Å²) in [5.41, 5.74) is 2.35. The molecule has 1 aliphatic heterocycles. The molecule has 1 saturated heterocycles. The summed E-state index contributed by atoms with van der Waals surface area (Å²) in [5, 5.41) is 2.75. The van der Waals surface area contributed by atoms with Gasteiger partial charge >= 0.3 is 12.1 Å². The predicted octanol–water partition coefficient (Wildman–Crippen LogP) is 2.70. The molecular weight excluding hydrogens is 322 g/mol. The third-order valence-corrected chi connectivity index (χ3v) is 3.96. The lowest BCUT2D eigenvalue weighted by Gasteiger charge is -2.11. The number of esters is 1. The zero-order valence-electron chi connectivity index (χ0n) is 13.9. The Hall–Kier alpha value is -3.02. The molecule has 3 rings (SSSR count). The first-order valence-corrected chi connectivity index (χ1v) is 7.97. The first kappa shape index (κ1) is 16.8. The summed E-state index contributed by atoms with van der Waals surface area (Å²) in [5.74, 6) is 0.325. The van der Waals surface area contributed by atoms with Crippen LogP contribution in [0.25, 0.3) is 0 Å². The van der Waals surface area contributed by atoms with E-state index < -0.39 is 0 Å². The summed E-state index contributed by atoms with van der Waals surface area (Å²) >= 11 is 0. The lowest BCUT2D eigenvalue weighted by atomic mass is 10.1. The average molecular weight is 341 g/mol. The maximum Gasteiger partial charge on any atom is 0.407 e. The van der Waals surface area contributed by atoms with Crippen LogP contribution >= 0.6 is 0 Å². The second-order valence-corrected chi connectivity index (χ2v) is 5.73. The molecule has 0 radical (unpaired) electrons. The number of carbonyl (C=O) groups is 2. The molecule has 1 atom stereocenters. The Morgan fingerprint density at radius 3 is 2.64 bits per heavy atom. The molecule has 6 heteroatoms. The van der Waals surface area contributed by atoms with Gasteiger partial charge < -0.3 is 19.5 Å². The molecule has 1 fully saturated rings. The summed E-state index contributed by atoms with van der Waals surface area (Å²) in [7, 11) is 1.36. The highest BCUT2D eigenvalue weighted by Gasteiger charge is 2.22. The fourth-order valence-corrected chi connectivity index (χ4v) is 2.66. The molecule has 1 aliphatic rings. The molecule has 0 saturated carbocycles. The van der Waals surface area contributed by atoms with Crippen molar-refractivity contribution in [3.05, 3.63) is 65.2 Å². The highest BCUT2D eigenvalue weighted by Crippen LogP contribution is 2.18. The lowest BCUT2D eigenvalue weighted by molar-refractivity contribution is 0.0597. The molecule has 25 heavy (non-hydrogen) atoms. The van der Waals surface area contributed by atoms with Crippen LogP contribution in [0.3, 0.4) is 0 Å². The minimum absolute atomic E-state index is 0.00574. The fraction of sp³-hybridized carbons (Fsp3) is 0.263. The quantitative estimate of drug-likeness (QED) is 0.818. The van der Waals surface area contributed by atoms with Gasteiger partial charge in [-0.1, -0.05) is 30.3 Å². The molecule has 1 amide bonds. The standard InChI is InChI=1S/C19H19NO5/c1-23-18(21)17-5-3-2-4-14(17)11-24-16-8-6-13(7-9-16)10-15-12-25-19(22)20-15/h2-9,15H,10-12H2,1H3,(H,20,22). The van der Waals surface area contributed by atoms with Crippen LogP contribution in [0, 0.1) is 0 Å². The van der Waals surface area contributed by atoms with Crippen molar-refractivity contribution in [3.8, 4) is 5.75 Å². The average Bonchev–Trinajstić information content (AvgIpc) is 3.05. The van der Waals surface area contributed by atoms with Crippen LogP contribution < -0.4 is 10.1 Å². The SMILES string of the molecule is COC(=O)c1ccccc1COc1ccc(CC2COC(=O)N2)cc1. The summed E-state index contributed by atoms with van der Waals surface area (Å²) in [6.07, 6.45) is 0.339. The molecular formula is C19H19NO5. The van der Waals surface area contributed by atoms with Gasteiger partial charge in [0, 0.05) is 5.56 Å². The van der Waals surface area contributed by atoms with Crippen LogP contribution in [-0.2, 0) is 22.5 Å². The van der Waals surface area contributed by atoms with Crippen LogP contribution in [0.15, 0.2) is 48.5 Å². The van der Waals surface area contributed by atoms with E-state index in [4.69, 9.17) is 14.2 Å². The molecule has 130 valence electrons. The van der Waals surface area contributed by atoms with Gasteiger partial charge in [0.2, 0.25) is 0 Å². The third-order valence-electron chi connectivity index (χ3n) is 3.96. The molecule has 0 bridgehead atoms. The number of benzene rings is 2. The topological polar surface area (TPSA) is 73.9 Å². The monoisotopic (exact) mass is 341 g/mol. The van der Waals surface area contributed by atoms with Crippen LogP contribution in [0.5, 0.6) is 5.75 Å². The van der Waals surface area contributed by atoms with Gasteiger partial charge in [-0.2, -0.15) is 0 Å². The third kappa shape index (κ3) is 4.29. The number of cyclic esters (lactones) is 1. The van der Waals surface area contributed by atoms with Crippen molar-refractivity contribution in [2.24, 2.45) is 0 Å². The lowest BCUT2D eigenvalue weighted by Crippen LogP contribution is -2.28. The predicted molar refractivity (Wildman–Crippen MR) is 90.5 cm³/mol. The Balaban J connectivity index is 1.59. The van der Waals surface area contributed by atoms with Gasteiger partial charge in [0.15, 0.2) is 0 Å². The zero-order chi connectivity index (χ0) is 17.6. The summed E-state index contributed by atoms with van der Waals surface area (Å²) in [6, 6.07) is 14.8. The van der Waals surface area contributed by atoms with Gasteiger partial charge in [0.05, 0.1) is 18.7 Å². The van der Waals surface area contributed by atoms with Crippen LogP contribution in [-0.4, -0.2) is 31.8 Å². The molecule has 2 aromatic carbocycles. The van der Waals surface area contributed by atoms with Gasteiger partial charge in [-0.3, -0.25) is 0 Å². The summed E-state index contributed by atoms with van der Waals surface area (Å²) < 4.78 is 15.4. The number of ether oxygens (including phenoxy) is 3. The van der Waals surface area contributed by atoms with E-state index in [-0.39, 0.29) is 24.7 Å². The highest BCUT2D eigenvalue weighted by atomic mass is 16.6. The van der Waals surface area contributed by atoms with Gasteiger partial charge in [-0.15, -0.1) is 0 Å².